The van der Waals surface area contributed by atoms with Crippen molar-refractivity contribution < 1.29 is 14.3 Å². The number of esters is 1. The summed E-state index contributed by atoms with van der Waals surface area (Å²) in [4.78, 5) is 24.4. The van der Waals surface area contributed by atoms with Crippen molar-refractivity contribution in [1.29, 1.82) is 0 Å². The Balaban J connectivity index is 1.73. The average molecular weight is 394 g/mol. The molecule has 0 spiro atoms. The summed E-state index contributed by atoms with van der Waals surface area (Å²) < 4.78 is 5.94. The first-order valence-electron chi connectivity index (χ1n) is 6.94. The van der Waals surface area contributed by atoms with Crippen molar-refractivity contribution in [2.24, 2.45) is 0 Å². The lowest BCUT2D eigenvalue weighted by Gasteiger charge is -2.08. The number of thioether (sulfide) groups is 1. The Morgan fingerprint density at radius 2 is 1.91 bits per heavy atom. The number of ether oxygens (including phenoxy) is 1. The van der Waals surface area contributed by atoms with E-state index in [4.69, 9.17) is 4.74 Å². The predicted molar refractivity (Wildman–Crippen MR) is 95.6 cm³/mol. The number of rotatable bonds is 6. The highest BCUT2D eigenvalue weighted by Crippen LogP contribution is 2.20. The predicted octanol–water partition coefficient (Wildman–Crippen LogP) is 4.03. The van der Waals surface area contributed by atoms with Crippen LogP contribution in [0.1, 0.15) is 5.56 Å². The van der Waals surface area contributed by atoms with E-state index < -0.39 is 5.97 Å². The van der Waals surface area contributed by atoms with Crippen molar-refractivity contribution in [2.45, 2.75) is 11.8 Å². The van der Waals surface area contributed by atoms with Crippen LogP contribution in [0.4, 0.5) is 5.69 Å². The van der Waals surface area contributed by atoms with E-state index in [-0.39, 0.29) is 18.3 Å². The summed E-state index contributed by atoms with van der Waals surface area (Å²) in [6.07, 6.45) is 0. The minimum absolute atomic E-state index is 0.175. The molecule has 2 aromatic carbocycles. The second-order valence-corrected chi connectivity index (χ2v) is 6.68. The zero-order chi connectivity index (χ0) is 16.7. The van der Waals surface area contributed by atoms with E-state index in [1.54, 1.807) is 6.07 Å². The van der Waals surface area contributed by atoms with Gasteiger partial charge in [-0.1, -0.05) is 34.1 Å². The summed E-state index contributed by atoms with van der Waals surface area (Å²) in [5.41, 5.74) is 1.68. The molecule has 2 aromatic rings. The second-order valence-electron chi connectivity index (χ2n) is 4.77. The van der Waals surface area contributed by atoms with E-state index in [1.807, 2.05) is 49.4 Å². The molecule has 4 nitrogen and oxygen atoms in total. The molecule has 1 amide bonds. The zero-order valence-electron chi connectivity index (χ0n) is 12.5. The lowest BCUT2D eigenvalue weighted by molar-refractivity contribution is -0.144. The number of amides is 1. The molecular weight excluding hydrogens is 378 g/mol. The molecule has 0 fully saturated rings. The van der Waals surface area contributed by atoms with Crippen molar-refractivity contribution in [1.82, 2.24) is 0 Å². The summed E-state index contributed by atoms with van der Waals surface area (Å²) in [7, 11) is 0. The van der Waals surface area contributed by atoms with E-state index in [2.05, 4.69) is 21.2 Å². The van der Waals surface area contributed by atoms with Crippen LogP contribution in [-0.2, 0) is 14.3 Å². The summed E-state index contributed by atoms with van der Waals surface area (Å²) in [5, 5.41) is 2.70. The fraction of sp³-hybridized carbons (Fsp3) is 0.176. The van der Waals surface area contributed by atoms with Gasteiger partial charge in [0.1, 0.15) is 0 Å². The number of aryl methyl sites for hydroxylation is 1. The SMILES string of the molecule is Cc1cc(NC(=O)COC(=O)CSc2ccccc2)ccc1Br. The Bertz CT molecular complexity index is 691. The second kappa shape index (κ2) is 8.74. The van der Waals surface area contributed by atoms with Crippen molar-refractivity contribution >= 4 is 45.3 Å². The van der Waals surface area contributed by atoms with Crippen LogP contribution in [-0.4, -0.2) is 24.2 Å². The molecule has 0 aliphatic carbocycles. The molecule has 0 aromatic heterocycles. The van der Waals surface area contributed by atoms with Crippen LogP contribution in [0.5, 0.6) is 0 Å². The van der Waals surface area contributed by atoms with Gasteiger partial charge in [-0.2, -0.15) is 0 Å². The standard InChI is InChI=1S/C17H16BrNO3S/c1-12-9-13(7-8-15(12)18)19-16(20)10-22-17(21)11-23-14-5-3-2-4-6-14/h2-9H,10-11H2,1H3,(H,19,20). The molecule has 0 aliphatic rings. The minimum atomic E-state index is -0.416. The van der Waals surface area contributed by atoms with Gasteiger partial charge in [-0.25, -0.2) is 0 Å². The van der Waals surface area contributed by atoms with Gasteiger partial charge in [0.25, 0.3) is 5.91 Å². The number of benzene rings is 2. The Kier molecular flexibility index (Phi) is 6.67. The number of carbonyl (C=O) groups excluding carboxylic acids is 2. The summed E-state index contributed by atoms with van der Waals surface area (Å²) in [5.74, 6) is -0.597. The molecule has 23 heavy (non-hydrogen) atoms. The molecule has 0 atom stereocenters. The summed E-state index contributed by atoms with van der Waals surface area (Å²) in [6, 6.07) is 15.0. The van der Waals surface area contributed by atoms with Crippen molar-refractivity contribution in [3.63, 3.8) is 0 Å². The zero-order valence-corrected chi connectivity index (χ0v) is 14.9. The fourth-order valence-corrected chi connectivity index (χ4v) is 2.73. The molecule has 2 rings (SSSR count). The van der Waals surface area contributed by atoms with Gasteiger partial charge >= 0.3 is 5.97 Å². The molecule has 0 bridgehead atoms. The third kappa shape index (κ3) is 6.08. The van der Waals surface area contributed by atoms with Crippen LogP contribution < -0.4 is 5.32 Å². The lowest BCUT2D eigenvalue weighted by atomic mass is 10.2. The van der Waals surface area contributed by atoms with Gasteiger partial charge in [0.15, 0.2) is 6.61 Å². The van der Waals surface area contributed by atoms with E-state index in [9.17, 15) is 9.59 Å². The number of hydrogen-bond acceptors (Lipinski definition) is 4. The molecule has 0 aliphatic heterocycles. The van der Waals surface area contributed by atoms with Gasteiger partial charge in [0.05, 0.1) is 5.75 Å². The van der Waals surface area contributed by atoms with Crippen LogP contribution in [0, 0.1) is 6.92 Å². The first-order chi connectivity index (χ1) is 11.0. The molecule has 1 N–H and O–H groups in total. The average Bonchev–Trinajstić information content (AvgIpc) is 2.55. The normalized spacial score (nSPS) is 10.2. The Labute approximate surface area is 147 Å². The van der Waals surface area contributed by atoms with E-state index in [1.165, 1.54) is 11.8 Å². The molecule has 0 saturated carbocycles. The van der Waals surface area contributed by atoms with Crippen LogP contribution >= 0.6 is 27.7 Å². The maximum Gasteiger partial charge on any atom is 0.316 e. The molecule has 0 heterocycles. The van der Waals surface area contributed by atoms with Crippen LogP contribution in [0.15, 0.2) is 57.9 Å². The highest BCUT2D eigenvalue weighted by molar-refractivity contribution is 9.10. The maximum atomic E-state index is 11.8. The van der Waals surface area contributed by atoms with E-state index in [0.29, 0.717) is 5.69 Å². The Morgan fingerprint density at radius 1 is 1.17 bits per heavy atom. The number of halogens is 1. The van der Waals surface area contributed by atoms with Crippen molar-refractivity contribution in [3.05, 3.63) is 58.6 Å². The van der Waals surface area contributed by atoms with E-state index in [0.717, 1.165) is 14.9 Å². The highest BCUT2D eigenvalue weighted by atomic mass is 79.9. The van der Waals surface area contributed by atoms with Gasteiger partial charge in [-0.3, -0.25) is 9.59 Å². The largest absolute Gasteiger partial charge is 0.455 e. The topological polar surface area (TPSA) is 55.4 Å². The van der Waals surface area contributed by atoms with Crippen molar-refractivity contribution in [2.75, 3.05) is 17.7 Å². The number of nitrogens with one attached hydrogen (secondary N) is 1. The summed E-state index contributed by atoms with van der Waals surface area (Å²) >= 11 is 4.77. The molecule has 6 heteroatoms. The van der Waals surface area contributed by atoms with E-state index >= 15 is 0 Å². The number of carbonyl (C=O) groups is 2. The quantitative estimate of drug-likeness (QED) is 0.594. The fourth-order valence-electron chi connectivity index (χ4n) is 1.77. The van der Waals surface area contributed by atoms with Gasteiger partial charge in [-0.05, 0) is 42.8 Å². The maximum absolute atomic E-state index is 11.8. The van der Waals surface area contributed by atoms with Crippen LogP contribution in [0.25, 0.3) is 0 Å². The minimum Gasteiger partial charge on any atom is -0.455 e. The van der Waals surface area contributed by atoms with Crippen LogP contribution in [0.3, 0.4) is 0 Å². The van der Waals surface area contributed by atoms with Gasteiger partial charge < -0.3 is 10.1 Å². The molecular formula is C17H16BrNO3S. The van der Waals surface area contributed by atoms with Gasteiger partial charge in [0, 0.05) is 15.1 Å². The lowest BCUT2D eigenvalue weighted by Crippen LogP contribution is -2.21. The van der Waals surface area contributed by atoms with Crippen molar-refractivity contribution in [3.8, 4) is 0 Å². The summed E-state index contributed by atoms with van der Waals surface area (Å²) in [6.45, 7) is 1.64. The smallest absolute Gasteiger partial charge is 0.316 e. The van der Waals surface area contributed by atoms with Crippen LogP contribution in [0.2, 0.25) is 0 Å². The number of hydrogen-bond donors (Lipinski definition) is 1. The monoisotopic (exact) mass is 393 g/mol. The van der Waals surface area contributed by atoms with Gasteiger partial charge in [0.2, 0.25) is 0 Å². The third-order valence-electron chi connectivity index (χ3n) is 2.91. The molecule has 120 valence electrons. The molecule has 0 radical (unpaired) electrons. The number of anilines is 1. The molecule has 0 unspecified atom stereocenters. The first kappa shape index (κ1) is 17.6. The molecule has 0 saturated heterocycles. The third-order valence-corrected chi connectivity index (χ3v) is 4.78. The first-order valence-corrected chi connectivity index (χ1v) is 8.72. The Morgan fingerprint density at radius 3 is 2.61 bits per heavy atom. The Hall–Kier alpha value is -1.79. The van der Waals surface area contributed by atoms with Gasteiger partial charge in [-0.15, -0.1) is 11.8 Å². The highest BCUT2D eigenvalue weighted by Gasteiger charge is 2.09.